The van der Waals surface area contributed by atoms with Crippen LogP contribution in [-0.4, -0.2) is 17.1 Å². The third kappa shape index (κ3) is 4.02. The highest BCUT2D eigenvalue weighted by Crippen LogP contribution is 2.19. The monoisotopic (exact) mass is 266 g/mol. The Balaban J connectivity index is 1.98. The molecule has 0 radical (unpaired) electrons. The Morgan fingerprint density at radius 1 is 1.16 bits per heavy atom. The molecule has 0 atom stereocenters. The quantitative estimate of drug-likeness (QED) is 0.823. The minimum absolute atomic E-state index is 0.0837. The van der Waals surface area contributed by atoms with Gasteiger partial charge < -0.3 is 10.6 Å². The van der Waals surface area contributed by atoms with Crippen molar-refractivity contribution in [2.75, 3.05) is 0 Å². The van der Waals surface area contributed by atoms with Gasteiger partial charge in [0.25, 0.3) is 0 Å². The van der Waals surface area contributed by atoms with Gasteiger partial charge in [0.15, 0.2) is 0 Å². The number of hydrogen-bond donors (Lipinski definition) is 2. The maximum absolute atomic E-state index is 13.6. The molecule has 1 aromatic carbocycles. The van der Waals surface area contributed by atoms with Crippen LogP contribution in [0.4, 0.5) is 4.39 Å². The van der Waals surface area contributed by atoms with Crippen LogP contribution >= 0.6 is 0 Å². The van der Waals surface area contributed by atoms with Crippen LogP contribution in [0.1, 0.15) is 46.1 Å². The number of nitrogens with two attached hydrogens (primary N) is 2. The summed E-state index contributed by atoms with van der Waals surface area (Å²) in [5.74, 6) is -0.0837. The topological polar surface area (TPSA) is 33.2 Å². The van der Waals surface area contributed by atoms with Crippen molar-refractivity contribution in [2.45, 2.75) is 64.2 Å². The standard InChI is InChI=1S/C16H25FN2/c1-15(2)9-13(10-16(3,4)19-15)18-11-12-7-5-6-8-14(12)17/h5-8,13,18-19H,9-11H2,1-4H3/p+2. The molecule has 1 aliphatic rings. The zero-order chi connectivity index (χ0) is 14.1. The largest absolute Gasteiger partial charge is 0.340 e. The molecule has 0 bridgehead atoms. The Morgan fingerprint density at radius 2 is 1.74 bits per heavy atom. The molecule has 0 aliphatic carbocycles. The van der Waals surface area contributed by atoms with E-state index in [2.05, 4.69) is 38.3 Å². The molecule has 1 saturated heterocycles. The number of hydrogen-bond acceptors (Lipinski definition) is 0. The summed E-state index contributed by atoms with van der Waals surface area (Å²) in [4.78, 5) is 0. The Hall–Kier alpha value is -0.930. The van der Waals surface area contributed by atoms with Crippen molar-refractivity contribution in [3.05, 3.63) is 35.6 Å². The lowest BCUT2D eigenvalue weighted by Gasteiger charge is -2.41. The Bertz CT molecular complexity index is 424. The number of benzene rings is 1. The molecule has 0 amide bonds. The van der Waals surface area contributed by atoms with E-state index in [0.29, 0.717) is 6.04 Å². The first-order valence-electron chi connectivity index (χ1n) is 7.21. The van der Waals surface area contributed by atoms with Crippen LogP contribution in [-0.2, 0) is 6.54 Å². The minimum atomic E-state index is -0.0837. The molecule has 1 aliphatic heterocycles. The fourth-order valence-electron chi connectivity index (χ4n) is 3.72. The second kappa shape index (κ2) is 5.22. The van der Waals surface area contributed by atoms with Crippen LogP contribution in [0.2, 0.25) is 0 Å². The van der Waals surface area contributed by atoms with Gasteiger partial charge in [0.2, 0.25) is 0 Å². The number of piperidine rings is 1. The Labute approximate surface area is 115 Å². The fraction of sp³-hybridized carbons (Fsp3) is 0.625. The molecule has 2 rings (SSSR count). The first-order chi connectivity index (χ1) is 8.77. The summed E-state index contributed by atoms with van der Waals surface area (Å²) < 4.78 is 13.6. The van der Waals surface area contributed by atoms with Crippen LogP contribution in [0, 0.1) is 5.82 Å². The first-order valence-corrected chi connectivity index (χ1v) is 7.21. The van der Waals surface area contributed by atoms with Crippen LogP contribution in [0.3, 0.4) is 0 Å². The Kier molecular flexibility index (Phi) is 3.98. The van der Waals surface area contributed by atoms with Crippen molar-refractivity contribution < 1.29 is 15.0 Å². The molecule has 0 aromatic heterocycles. The van der Waals surface area contributed by atoms with E-state index >= 15 is 0 Å². The normalized spacial score (nSPS) is 22.4. The molecule has 19 heavy (non-hydrogen) atoms. The molecule has 3 heteroatoms. The van der Waals surface area contributed by atoms with Crippen molar-refractivity contribution in [3.8, 4) is 0 Å². The van der Waals surface area contributed by atoms with Gasteiger partial charge in [0.05, 0.1) is 30.0 Å². The highest BCUT2D eigenvalue weighted by molar-refractivity contribution is 5.15. The van der Waals surface area contributed by atoms with E-state index in [1.54, 1.807) is 12.1 Å². The van der Waals surface area contributed by atoms with Crippen LogP contribution in [0.15, 0.2) is 24.3 Å². The lowest BCUT2D eigenvalue weighted by Crippen LogP contribution is -3.09. The summed E-state index contributed by atoms with van der Waals surface area (Å²) in [5.41, 5.74) is 1.36. The van der Waals surface area contributed by atoms with Crippen molar-refractivity contribution in [1.29, 1.82) is 0 Å². The second-order valence-corrected chi connectivity index (χ2v) is 7.32. The lowest BCUT2D eigenvalue weighted by atomic mass is 9.79. The van der Waals surface area contributed by atoms with Crippen molar-refractivity contribution in [2.24, 2.45) is 0 Å². The molecule has 1 fully saturated rings. The summed E-state index contributed by atoms with van der Waals surface area (Å²) >= 11 is 0. The van der Waals surface area contributed by atoms with Gasteiger partial charge in [-0.3, -0.25) is 0 Å². The van der Waals surface area contributed by atoms with Crippen molar-refractivity contribution >= 4 is 0 Å². The zero-order valence-electron chi connectivity index (χ0n) is 12.5. The summed E-state index contributed by atoms with van der Waals surface area (Å²) in [6, 6.07) is 7.67. The van der Waals surface area contributed by atoms with Crippen LogP contribution < -0.4 is 10.6 Å². The molecular formula is C16H27FN2+2. The highest BCUT2D eigenvalue weighted by Gasteiger charge is 2.43. The molecule has 0 saturated carbocycles. The SMILES string of the molecule is CC1(C)CC([NH2+]Cc2ccccc2F)CC(C)(C)[NH2+]1. The molecular weight excluding hydrogens is 239 g/mol. The summed E-state index contributed by atoms with van der Waals surface area (Å²) in [7, 11) is 0. The molecule has 106 valence electrons. The van der Waals surface area contributed by atoms with Gasteiger partial charge in [-0.2, -0.15) is 0 Å². The van der Waals surface area contributed by atoms with E-state index < -0.39 is 0 Å². The van der Waals surface area contributed by atoms with Crippen molar-refractivity contribution in [3.63, 3.8) is 0 Å². The van der Waals surface area contributed by atoms with Crippen LogP contribution in [0.5, 0.6) is 0 Å². The van der Waals surface area contributed by atoms with Gasteiger partial charge in [-0.25, -0.2) is 4.39 Å². The van der Waals surface area contributed by atoms with Gasteiger partial charge >= 0.3 is 0 Å². The van der Waals surface area contributed by atoms with Gasteiger partial charge in [-0.05, 0) is 33.8 Å². The van der Waals surface area contributed by atoms with E-state index in [0.717, 1.165) is 12.1 Å². The Morgan fingerprint density at radius 3 is 2.32 bits per heavy atom. The molecule has 4 N–H and O–H groups in total. The van der Waals surface area contributed by atoms with E-state index in [4.69, 9.17) is 0 Å². The summed E-state index contributed by atoms with van der Waals surface area (Å²) in [6.45, 7) is 9.95. The molecule has 2 nitrogen and oxygen atoms in total. The second-order valence-electron chi connectivity index (χ2n) is 7.32. The first kappa shape index (κ1) is 14.5. The average molecular weight is 266 g/mol. The molecule has 0 spiro atoms. The molecule has 1 aromatic rings. The van der Waals surface area contributed by atoms with Crippen LogP contribution in [0.25, 0.3) is 0 Å². The summed E-state index contributed by atoms with van der Waals surface area (Å²) in [6.07, 6.45) is 2.34. The summed E-state index contributed by atoms with van der Waals surface area (Å²) in [5, 5.41) is 4.79. The minimum Gasteiger partial charge on any atom is -0.340 e. The van der Waals surface area contributed by atoms with Gasteiger partial charge in [-0.1, -0.05) is 18.2 Å². The molecule has 1 heterocycles. The van der Waals surface area contributed by atoms with Gasteiger partial charge in [0.1, 0.15) is 12.4 Å². The third-order valence-electron chi connectivity index (χ3n) is 3.99. The lowest BCUT2D eigenvalue weighted by molar-refractivity contribution is -0.816. The third-order valence-corrected chi connectivity index (χ3v) is 3.99. The van der Waals surface area contributed by atoms with Crippen molar-refractivity contribution in [1.82, 2.24) is 0 Å². The number of halogens is 1. The maximum Gasteiger partial charge on any atom is 0.132 e. The van der Waals surface area contributed by atoms with E-state index in [1.165, 1.54) is 12.8 Å². The average Bonchev–Trinajstić information content (AvgIpc) is 2.23. The number of quaternary nitrogens is 2. The van der Waals surface area contributed by atoms with E-state index in [1.807, 2.05) is 12.1 Å². The fourth-order valence-corrected chi connectivity index (χ4v) is 3.72. The smallest absolute Gasteiger partial charge is 0.132 e. The maximum atomic E-state index is 13.6. The zero-order valence-corrected chi connectivity index (χ0v) is 12.5. The van der Waals surface area contributed by atoms with Gasteiger partial charge in [-0.15, -0.1) is 0 Å². The highest BCUT2D eigenvalue weighted by atomic mass is 19.1. The predicted octanol–water partition coefficient (Wildman–Crippen LogP) is 1.17. The van der Waals surface area contributed by atoms with Gasteiger partial charge in [0, 0.05) is 5.56 Å². The predicted molar refractivity (Wildman–Crippen MR) is 75.1 cm³/mol. The number of rotatable bonds is 3. The molecule has 0 unspecified atom stereocenters. The van der Waals surface area contributed by atoms with E-state index in [9.17, 15) is 4.39 Å². The van der Waals surface area contributed by atoms with E-state index in [-0.39, 0.29) is 16.9 Å².